The number of nitrogens with zero attached hydrogens (tertiary/aromatic N) is 2. The Balaban J connectivity index is 3.65. The Morgan fingerprint density at radius 3 is 2.30 bits per heavy atom. The quantitative estimate of drug-likeness (QED) is 0.464. The van der Waals surface area contributed by atoms with E-state index in [1.165, 1.54) is 19.1 Å². The number of nitro groups is 2. The van der Waals surface area contributed by atoms with Gasteiger partial charge >= 0.3 is 5.97 Å². The molecule has 0 spiro atoms. The van der Waals surface area contributed by atoms with E-state index in [1.54, 1.807) is 6.92 Å². The molecular formula is C15H18N2O6. The predicted molar refractivity (Wildman–Crippen MR) is 83.6 cm³/mol. The highest BCUT2D eigenvalue weighted by Gasteiger charge is 2.27. The fourth-order valence-corrected chi connectivity index (χ4v) is 2.28. The fourth-order valence-electron chi connectivity index (χ4n) is 2.28. The Kier molecular flexibility index (Phi) is 5.94. The molecule has 0 aliphatic carbocycles. The Hall–Kier alpha value is -2.77. The molecule has 1 N–H and O–H groups in total. The van der Waals surface area contributed by atoms with Crippen LogP contribution in [0.5, 0.6) is 0 Å². The minimum Gasteiger partial charge on any atom is -0.478 e. The first-order valence-electron chi connectivity index (χ1n) is 7.06. The van der Waals surface area contributed by atoms with Gasteiger partial charge in [0.1, 0.15) is 0 Å². The van der Waals surface area contributed by atoms with Gasteiger partial charge in [0.15, 0.2) is 0 Å². The van der Waals surface area contributed by atoms with Gasteiger partial charge in [0.2, 0.25) is 0 Å². The van der Waals surface area contributed by atoms with Crippen molar-refractivity contribution in [1.29, 1.82) is 0 Å². The van der Waals surface area contributed by atoms with Crippen LogP contribution in [0.1, 0.15) is 44.2 Å². The molecular weight excluding hydrogens is 304 g/mol. The van der Waals surface area contributed by atoms with Gasteiger partial charge in [-0.1, -0.05) is 19.9 Å². The second-order valence-corrected chi connectivity index (χ2v) is 5.15. The molecule has 8 nitrogen and oxygen atoms in total. The van der Waals surface area contributed by atoms with Crippen LogP contribution in [0, 0.1) is 20.2 Å². The van der Waals surface area contributed by atoms with Gasteiger partial charge in [0, 0.05) is 23.6 Å². The topological polar surface area (TPSA) is 124 Å². The molecule has 0 saturated heterocycles. The van der Waals surface area contributed by atoms with Gasteiger partial charge in [0.05, 0.1) is 15.9 Å². The summed E-state index contributed by atoms with van der Waals surface area (Å²) in [6.07, 6.45) is 1.83. The third-order valence-electron chi connectivity index (χ3n) is 3.79. The Morgan fingerprint density at radius 1 is 1.30 bits per heavy atom. The summed E-state index contributed by atoms with van der Waals surface area (Å²) < 4.78 is 0. The molecule has 23 heavy (non-hydrogen) atoms. The Morgan fingerprint density at radius 2 is 1.91 bits per heavy atom. The van der Waals surface area contributed by atoms with Crippen molar-refractivity contribution in [2.45, 2.75) is 39.5 Å². The molecule has 0 fully saturated rings. The van der Waals surface area contributed by atoms with Gasteiger partial charge in [-0.2, -0.15) is 0 Å². The molecule has 0 aliphatic heterocycles. The molecule has 0 saturated carbocycles. The highest BCUT2D eigenvalue weighted by molar-refractivity contribution is 5.87. The Bertz CT molecular complexity index is 681. The highest BCUT2D eigenvalue weighted by Crippen LogP contribution is 2.35. The first-order chi connectivity index (χ1) is 10.7. The summed E-state index contributed by atoms with van der Waals surface area (Å²) in [6, 6.07) is 2.18. The number of allylic oxidation sites excluding steroid dienone is 1. The molecule has 0 amide bonds. The monoisotopic (exact) mass is 322 g/mol. The Labute approximate surface area is 132 Å². The fraction of sp³-hybridized carbons (Fsp3) is 0.400. The number of benzene rings is 1. The number of carboxylic acid groups (broad SMARTS) is 1. The number of hydrogen-bond donors (Lipinski definition) is 1. The van der Waals surface area contributed by atoms with E-state index < -0.39 is 21.5 Å². The zero-order chi connectivity index (χ0) is 17.7. The summed E-state index contributed by atoms with van der Waals surface area (Å²) in [5.74, 6) is -1.34. The highest BCUT2D eigenvalue weighted by atomic mass is 16.6. The number of aliphatic carboxylic acids is 1. The van der Waals surface area contributed by atoms with Gasteiger partial charge in [0.25, 0.3) is 11.4 Å². The lowest BCUT2D eigenvalue weighted by Gasteiger charge is -2.15. The minimum atomic E-state index is -1.17. The summed E-state index contributed by atoms with van der Waals surface area (Å²) in [6.45, 7) is 5.18. The second-order valence-electron chi connectivity index (χ2n) is 5.15. The van der Waals surface area contributed by atoms with Crippen LogP contribution in [-0.2, 0) is 11.2 Å². The molecule has 0 aromatic heterocycles. The summed E-state index contributed by atoms with van der Waals surface area (Å²) in [7, 11) is 0. The molecule has 0 bridgehead atoms. The van der Waals surface area contributed by atoms with Crippen LogP contribution in [0.4, 0.5) is 11.4 Å². The van der Waals surface area contributed by atoms with E-state index in [1.807, 2.05) is 6.92 Å². The maximum absolute atomic E-state index is 11.3. The number of rotatable bonds is 7. The summed E-state index contributed by atoms with van der Waals surface area (Å²) in [4.78, 5) is 32.1. The number of non-ortho nitro benzene ring substituents is 1. The maximum atomic E-state index is 11.3. The van der Waals surface area contributed by atoms with Crippen molar-refractivity contribution in [2.24, 2.45) is 0 Å². The standard InChI is InChI=1S/C15H18N2O6/c1-4-9(3)12-7-11(16(20)21)8-14(17(22)23)13(12)6-10(5-2)15(18)19/h5,7-9H,4,6H2,1-3H3,(H,18,19). The maximum Gasteiger partial charge on any atom is 0.331 e. The molecule has 1 rings (SSSR count). The van der Waals surface area contributed by atoms with E-state index >= 15 is 0 Å². The van der Waals surface area contributed by atoms with Crippen molar-refractivity contribution < 1.29 is 19.7 Å². The molecule has 1 aromatic carbocycles. The first kappa shape index (κ1) is 18.3. The smallest absolute Gasteiger partial charge is 0.331 e. The number of carbonyl (C=O) groups is 1. The molecule has 1 atom stereocenters. The van der Waals surface area contributed by atoms with Crippen LogP contribution in [0.25, 0.3) is 0 Å². The lowest BCUT2D eigenvalue weighted by atomic mass is 9.88. The van der Waals surface area contributed by atoms with E-state index in [9.17, 15) is 25.0 Å². The lowest BCUT2D eigenvalue weighted by molar-refractivity contribution is -0.394. The number of hydrogen-bond acceptors (Lipinski definition) is 5. The van der Waals surface area contributed by atoms with Crippen LogP contribution in [0.2, 0.25) is 0 Å². The van der Waals surface area contributed by atoms with Crippen LogP contribution in [0.15, 0.2) is 23.8 Å². The van der Waals surface area contributed by atoms with E-state index in [4.69, 9.17) is 5.11 Å². The number of carboxylic acids is 1. The van der Waals surface area contributed by atoms with Crippen LogP contribution < -0.4 is 0 Å². The molecule has 0 heterocycles. The van der Waals surface area contributed by atoms with Gasteiger partial charge in [-0.3, -0.25) is 20.2 Å². The van der Waals surface area contributed by atoms with E-state index in [2.05, 4.69) is 0 Å². The molecule has 0 aliphatic rings. The molecule has 8 heteroatoms. The minimum absolute atomic E-state index is 0.00602. The molecule has 1 aromatic rings. The predicted octanol–water partition coefficient (Wildman–Crippen LogP) is 3.59. The van der Waals surface area contributed by atoms with Crippen LogP contribution >= 0.6 is 0 Å². The average molecular weight is 322 g/mol. The van der Waals surface area contributed by atoms with E-state index in [0.29, 0.717) is 12.0 Å². The van der Waals surface area contributed by atoms with Gasteiger partial charge < -0.3 is 5.11 Å². The normalized spacial score (nSPS) is 12.7. The van der Waals surface area contributed by atoms with E-state index in [0.717, 1.165) is 6.07 Å². The third kappa shape index (κ3) is 4.12. The summed E-state index contributed by atoms with van der Waals surface area (Å²) in [5, 5.41) is 31.5. The molecule has 1 unspecified atom stereocenters. The van der Waals surface area contributed by atoms with Gasteiger partial charge in [-0.05, 0) is 24.8 Å². The molecule has 0 radical (unpaired) electrons. The first-order valence-corrected chi connectivity index (χ1v) is 7.06. The molecule has 124 valence electrons. The van der Waals surface area contributed by atoms with Gasteiger partial charge in [-0.15, -0.1) is 0 Å². The summed E-state index contributed by atoms with van der Waals surface area (Å²) >= 11 is 0. The lowest BCUT2D eigenvalue weighted by Crippen LogP contribution is -2.10. The third-order valence-corrected chi connectivity index (χ3v) is 3.79. The van der Waals surface area contributed by atoms with Crippen molar-refractivity contribution >= 4 is 17.3 Å². The van der Waals surface area contributed by atoms with E-state index in [-0.39, 0.29) is 29.2 Å². The van der Waals surface area contributed by atoms with Crippen molar-refractivity contribution in [3.63, 3.8) is 0 Å². The zero-order valence-corrected chi connectivity index (χ0v) is 13.1. The van der Waals surface area contributed by atoms with Crippen molar-refractivity contribution in [2.75, 3.05) is 0 Å². The SMILES string of the molecule is CC=C(Cc1c(C(C)CC)cc([N+](=O)[O-])cc1[N+](=O)[O-])C(=O)O. The van der Waals surface area contributed by atoms with Crippen LogP contribution in [-0.4, -0.2) is 20.9 Å². The largest absolute Gasteiger partial charge is 0.478 e. The second kappa shape index (κ2) is 7.48. The van der Waals surface area contributed by atoms with Crippen molar-refractivity contribution in [3.8, 4) is 0 Å². The summed E-state index contributed by atoms with van der Waals surface area (Å²) in [5.41, 5.74) is -0.130. The van der Waals surface area contributed by atoms with Crippen molar-refractivity contribution in [1.82, 2.24) is 0 Å². The average Bonchev–Trinajstić information content (AvgIpc) is 2.50. The van der Waals surface area contributed by atoms with Crippen LogP contribution in [0.3, 0.4) is 0 Å². The van der Waals surface area contributed by atoms with Crippen molar-refractivity contribution in [3.05, 3.63) is 55.1 Å². The van der Waals surface area contributed by atoms with Gasteiger partial charge in [-0.25, -0.2) is 4.79 Å². The number of nitro benzene ring substituents is 2. The zero-order valence-electron chi connectivity index (χ0n) is 13.1.